The monoisotopic (exact) mass is 208 g/mol. The normalized spacial score (nSPS) is 11.7. The number of hydrogen-bond acceptors (Lipinski definition) is 0. The molecule has 0 N–H and O–H groups in total. The molecule has 2 aromatic rings. The van der Waals surface area contributed by atoms with Crippen molar-refractivity contribution in [1.29, 1.82) is 0 Å². The zero-order valence-corrected chi connectivity index (χ0v) is 10.1. The van der Waals surface area contributed by atoms with Gasteiger partial charge >= 0.3 is 0 Å². The molecule has 0 atom stereocenters. The fraction of sp³-hybridized carbons (Fsp3) is 0.250. The lowest BCUT2D eigenvalue weighted by atomic mass is 9.96. The van der Waals surface area contributed by atoms with E-state index >= 15 is 0 Å². The lowest BCUT2D eigenvalue weighted by Gasteiger charge is -2.08. The molecule has 0 amide bonds. The second-order valence-electron chi connectivity index (χ2n) is 4.71. The summed E-state index contributed by atoms with van der Waals surface area (Å²) in [6.45, 7) is 6.65. The van der Waals surface area contributed by atoms with Crippen molar-refractivity contribution in [1.82, 2.24) is 0 Å². The summed E-state index contributed by atoms with van der Waals surface area (Å²) >= 11 is 0. The van der Waals surface area contributed by atoms with Crippen molar-refractivity contribution < 1.29 is 0 Å². The highest BCUT2D eigenvalue weighted by Crippen LogP contribution is 2.39. The molecule has 0 nitrogen and oxygen atoms in total. The summed E-state index contributed by atoms with van der Waals surface area (Å²) in [6.07, 6.45) is 1.11. The molecule has 16 heavy (non-hydrogen) atoms. The molecule has 2 aliphatic carbocycles. The van der Waals surface area contributed by atoms with Crippen molar-refractivity contribution in [2.45, 2.75) is 27.2 Å². The standard InChI is InChI=1S/C16H16/c1-4-12-5-6-13-9-16(12)15-8-10(2)14(13)7-11(15)3/h5-9H,4H2,1-3H3. The highest BCUT2D eigenvalue weighted by molar-refractivity contribution is 5.85. The van der Waals surface area contributed by atoms with Gasteiger partial charge in [-0.3, -0.25) is 0 Å². The predicted octanol–water partition coefficient (Wildman–Crippen LogP) is 4.51. The molecule has 0 aromatic heterocycles. The Balaban J connectivity index is 2.45. The zero-order chi connectivity index (χ0) is 11.3. The zero-order valence-electron chi connectivity index (χ0n) is 10.1. The van der Waals surface area contributed by atoms with Gasteiger partial charge in [-0.2, -0.15) is 0 Å². The Labute approximate surface area is 96.9 Å². The first kappa shape index (κ1) is 9.65. The summed E-state index contributed by atoms with van der Waals surface area (Å²) in [5.41, 5.74) is 9.85. The molecule has 0 radical (unpaired) electrons. The van der Waals surface area contributed by atoms with Gasteiger partial charge < -0.3 is 0 Å². The van der Waals surface area contributed by atoms with E-state index in [1.165, 1.54) is 38.9 Å². The van der Waals surface area contributed by atoms with Crippen LogP contribution < -0.4 is 0 Å². The maximum Gasteiger partial charge on any atom is -0.0143 e. The summed E-state index contributed by atoms with van der Waals surface area (Å²) in [5.74, 6) is 0. The highest BCUT2D eigenvalue weighted by Gasteiger charge is 2.16. The van der Waals surface area contributed by atoms with Gasteiger partial charge in [-0.25, -0.2) is 0 Å². The summed E-state index contributed by atoms with van der Waals surface area (Å²) in [5, 5.41) is 0. The lowest BCUT2D eigenvalue weighted by Crippen LogP contribution is -1.87. The van der Waals surface area contributed by atoms with Gasteiger partial charge in [0.15, 0.2) is 0 Å². The van der Waals surface area contributed by atoms with Gasteiger partial charge in [0.25, 0.3) is 0 Å². The molecule has 0 aliphatic heterocycles. The molecule has 2 aromatic carbocycles. The van der Waals surface area contributed by atoms with Crippen LogP contribution in [0.1, 0.15) is 23.6 Å². The van der Waals surface area contributed by atoms with Crippen molar-refractivity contribution in [2.75, 3.05) is 0 Å². The Bertz CT molecular complexity index is 577. The van der Waals surface area contributed by atoms with E-state index in [1.807, 2.05) is 0 Å². The minimum absolute atomic E-state index is 1.11. The van der Waals surface area contributed by atoms with Gasteiger partial charge in [-0.15, -0.1) is 0 Å². The third-order valence-corrected chi connectivity index (χ3v) is 3.66. The maximum absolute atomic E-state index is 2.35. The van der Waals surface area contributed by atoms with E-state index in [0.29, 0.717) is 0 Å². The Hall–Kier alpha value is -1.56. The Morgan fingerprint density at radius 3 is 2.25 bits per heavy atom. The number of fused-ring (bicyclic) bond motifs is 2. The average molecular weight is 208 g/mol. The maximum atomic E-state index is 2.35. The van der Waals surface area contributed by atoms with Crippen LogP contribution in [0.2, 0.25) is 0 Å². The molecule has 0 saturated carbocycles. The quantitative estimate of drug-likeness (QED) is 0.552. The largest absolute Gasteiger partial charge is 0.0613 e. The van der Waals surface area contributed by atoms with Crippen LogP contribution in [0.3, 0.4) is 0 Å². The Morgan fingerprint density at radius 1 is 0.812 bits per heavy atom. The van der Waals surface area contributed by atoms with Crippen LogP contribution in [0.5, 0.6) is 0 Å². The molecule has 0 heterocycles. The Kier molecular flexibility index (Phi) is 1.94. The van der Waals surface area contributed by atoms with Gasteiger partial charge in [0.05, 0.1) is 0 Å². The summed E-state index contributed by atoms with van der Waals surface area (Å²) in [6, 6.07) is 11.6. The summed E-state index contributed by atoms with van der Waals surface area (Å²) in [4.78, 5) is 0. The van der Waals surface area contributed by atoms with Crippen LogP contribution in [0.25, 0.3) is 22.3 Å². The third-order valence-electron chi connectivity index (χ3n) is 3.66. The van der Waals surface area contributed by atoms with Crippen LogP contribution in [-0.2, 0) is 6.42 Å². The minimum Gasteiger partial charge on any atom is -0.0613 e. The summed E-state index contributed by atoms with van der Waals surface area (Å²) in [7, 11) is 0. The van der Waals surface area contributed by atoms with E-state index in [0.717, 1.165) is 6.42 Å². The number of hydrogen-bond donors (Lipinski definition) is 0. The van der Waals surface area contributed by atoms with Crippen LogP contribution >= 0.6 is 0 Å². The van der Waals surface area contributed by atoms with Gasteiger partial charge in [0.1, 0.15) is 0 Å². The number of rotatable bonds is 1. The van der Waals surface area contributed by atoms with E-state index in [1.54, 1.807) is 0 Å². The van der Waals surface area contributed by atoms with Crippen molar-refractivity contribution in [2.24, 2.45) is 0 Å². The molecule has 80 valence electrons. The fourth-order valence-electron chi connectivity index (χ4n) is 2.72. The first-order valence-electron chi connectivity index (χ1n) is 5.95. The van der Waals surface area contributed by atoms with Crippen molar-refractivity contribution in [3.63, 3.8) is 0 Å². The molecule has 0 fully saturated rings. The molecule has 2 aliphatic rings. The van der Waals surface area contributed by atoms with Crippen LogP contribution in [0.4, 0.5) is 0 Å². The first-order valence-corrected chi connectivity index (χ1v) is 5.95. The third kappa shape index (κ3) is 1.16. The topological polar surface area (TPSA) is 0 Å². The SMILES string of the molecule is CCc1ccc2cc1-c1cc(C)c-2cc1C. The van der Waals surface area contributed by atoms with Gasteiger partial charge in [0, 0.05) is 0 Å². The Morgan fingerprint density at radius 2 is 1.50 bits per heavy atom. The van der Waals surface area contributed by atoms with E-state index in [9.17, 15) is 0 Å². The molecular weight excluding hydrogens is 192 g/mol. The number of benzene rings is 2. The van der Waals surface area contributed by atoms with Crippen LogP contribution in [0.15, 0.2) is 30.3 Å². The molecule has 0 heteroatoms. The predicted molar refractivity (Wildman–Crippen MR) is 69.7 cm³/mol. The lowest BCUT2D eigenvalue weighted by molar-refractivity contribution is 1.14. The van der Waals surface area contributed by atoms with Crippen molar-refractivity contribution >= 4 is 0 Å². The molecule has 0 unspecified atom stereocenters. The number of aryl methyl sites for hydroxylation is 3. The second-order valence-corrected chi connectivity index (χ2v) is 4.71. The van der Waals surface area contributed by atoms with E-state index < -0.39 is 0 Å². The van der Waals surface area contributed by atoms with Gasteiger partial charge in [-0.1, -0.05) is 31.2 Å². The fourth-order valence-corrected chi connectivity index (χ4v) is 2.72. The van der Waals surface area contributed by atoms with Crippen molar-refractivity contribution in [3.05, 3.63) is 47.0 Å². The van der Waals surface area contributed by atoms with E-state index in [4.69, 9.17) is 0 Å². The van der Waals surface area contributed by atoms with Crippen LogP contribution in [0, 0.1) is 13.8 Å². The van der Waals surface area contributed by atoms with Gasteiger partial charge in [-0.05, 0) is 65.3 Å². The van der Waals surface area contributed by atoms with E-state index in [-0.39, 0.29) is 0 Å². The van der Waals surface area contributed by atoms with E-state index in [2.05, 4.69) is 51.1 Å². The molecule has 4 rings (SSSR count). The minimum atomic E-state index is 1.11. The first-order chi connectivity index (χ1) is 7.70. The molecule has 0 spiro atoms. The smallest absolute Gasteiger partial charge is 0.0143 e. The summed E-state index contributed by atoms with van der Waals surface area (Å²) < 4.78 is 0. The van der Waals surface area contributed by atoms with Crippen molar-refractivity contribution in [3.8, 4) is 22.3 Å². The van der Waals surface area contributed by atoms with Gasteiger partial charge in [0.2, 0.25) is 0 Å². The average Bonchev–Trinajstić information content (AvgIpc) is 2.46. The second kappa shape index (κ2) is 3.21. The molecular formula is C16H16. The highest BCUT2D eigenvalue weighted by atomic mass is 14.2. The van der Waals surface area contributed by atoms with Crippen LogP contribution in [-0.4, -0.2) is 0 Å². The molecule has 0 saturated heterocycles. The molecule has 4 bridgehead atoms.